The van der Waals surface area contributed by atoms with Crippen LogP contribution in [-0.2, 0) is 16.1 Å². The van der Waals surface area contributed by atoms with Crippen LogP contribution in [0.4, 0.5) is 10.1 Å². The smallest absolute Gasteiger partial charge is 0.252 e. The van der Waals surface area contributed by atoms with Gasteiger partial charge in [-0.1, -0.05) is 30.3 Å². The molecule has 0 bridgehead atoms. The van der Waals surface area contributed by atoms with Gasteiger partial charge in [-0.2, -0.15) is 0 Å². The number of rotatable bonds is 6. The maximum absolute atomic E-state index is 13.0. The first-order valence-corrected chi connectivity index (χ1v) is 9.11. The van der Waals surface area contributed by atoms with E-state index < -0.39 is 6.04 Å². The van der Waals surface area contributed by atoms with Gasteiger partial charge in [0.2, 0.25) is 5.91 Å². The molecule has 0 spiro atoms. The van der Waals surface area contributed by atoms with Gasteiger partial charge < -0.3 is 10.2 Å². The Kier molecular flexibility index (Phi) is 5.81. The Morgan fingerprint density at radius 3 is 2.44 bits per heavy atom. The summed E-state index contributed by atoms with van der Waals surface area (Å²) in [6, 6.07) is 14.5. The molecule has 7 heteroatoms. The van der Waals surface area contributed by atoms with Crippen molar-refractivity contribution in [1.29, 1.82) is 0 Å². The van der Waals surface area contributed by atoms with E-state index in [0.29, 0.717) is 23.9 Å². The van der Waals surface area contributed by atoms with Gasteiger partial charge in [0, 0.05) is 18.8 Å². The predicted molar refractivity (Wildman–Crippen MR) is 105 cm³/mol. The maximum atomic E-state index is 13.0. The normalized spacial score (nSPS) is 16.7. The van der Waals surface area contributed by atoms with Crippen LogP contribution >= 0.6 is 12.2 Å². The zero-order valence-electron chi connectivity index (χ0n) is 14.9. The minimum atomic E-state index is -0.655. The van der Waals surface area contributed by atoms with E-state index in [-0.39, 0.29) is 24.1 Å². The maximum Gasteiger partial charge on any atom is 0.252 e. The molecule has 140 valence electrons. The average Bonchev–Trinajstić information content (AvgIpc) is 2.88. The Labute approximate surface area is 162 Å². The Hall–Kier alpha value is -2.80. The van der Waals surface area contributed by atoms with Crippen molar-refractivity contribution in [1.82, 2.24) is 9.80 Å². The summed E-state index contributed by atoms with van der Waals surface area (Å²) in [5.41, 5.74) is 1.49. The Balaban J connectivity index is 1.75. The minimum Gasteiger partial charge on any atom is -0.332 e. The fourth-order valence-electron chi connectivity index (χ4n) is 3.06. The lowest BCUT2D eigenvalue weighted by molar-refractivity contribution is -0.130. The van der Waals surface area contributed by atoms with Crippen molar-refractivity contribution in [2.45, 2.75) is 25.9 Å². The van der Waals surface area contributed by atoms with Crippen molar-refractivity contribution in [3.63, 3.8) is 0 Å². The Morgan fingerprint density at radius 2 is 1.81 bits per heavy atom. The lowest BCUT2D eigenvalue weighted by Gasteiger charge is -2.23. The van der Waals surface area contributed by atoms with E-state index in [9.17, 15) is 14.0 Å². The molecule has 0 aliphatic carbocycles. The summed E-state index contributed by atoms with van der Waals surface area (Å²) in [7, 11) is 0. The number of carbonyl (C=O) groups excluding carboxylic acids is 2. The van der Waals surface area contributed by atoms with Crippen molar-refractivity contribution in [2.24, 2.45) is 0 Å². The van der Waals surface area contributed by atoms with Gasteiger partial charge in [-0.3, -0.25) is 14.5 Å². The van der Waals surface area contributed by atoms with E-state index >= 15 is 0 Å². The first-order chi connectivity index (χ1) is 13.0. The molecule has 1 unspecified atom stereocenters. The summed E-state index contributed by atoms with van der Waals surface area (Å²) in [6.45, 7) is 2.77. The van der Waals surface area contributed by atoms with Gasteiger partial charge in [0.25, 0.3) is 5.91 Å². The van der Waals surface area contributed by atoms with Gasteiger partial charge in [-0.15, -0.1) is 0 Å². The molecule has 5 nitrogen and oxygen atoms in total. The SMILES string of the molecule is CCN1C(=O)C(CC(=O)Nc2ccc(F)cc2)N(Cc2ccccc2)C1=S. The molecule has 2 amide bonds. The van der Waals surface area contributed by atoms with E-state index in [1.165, 1.54) is 29.2 Å². The molecule has 0 aromatic heterocycles. The zero-order valence-corrected chi connectivity index (χ0v) is 15.7. The fraction of sp³-hybridized carbons (Fsp3) is 0.250. The molecule has 2 aromatic carbocycles. The number of benzene rings is 2. The highest BCUT2D eigenvalue weighted by Crippen LogP contribution is 2.23. The summed E-state index contributed by atoms with van der Waals surface area (Å²) < 4.78 is 13.0. The van der Waals surface area contributed by atoms with Gasteiger partial charge in [0.15, 0.2) is 5.11 Å². The molecule has 1 N–H and O–H groups in total. The Bertz CT molecular complexity index is 842. The summed E-state index contributed by atoms with van der Waals surface area (Å²) >= 11 is 5.47. The third kappa shape index (κ3) is 4.31. The second kappa shape index (κ2) is 8.26. The summed E-state index contributed by atoms with van der Waals surface area (Å²) in [5.74, 6) is -0.872. The Morgan fingerprint density at radius 1 is 1.15 bits per heavy atom. The standard InChI is InChI=1S/C20H20FN3O2S/c1-2-23-19(26)17(12-18(25)22-16-10-8-15(21)9-11-16)24(20(23)27)13-14-6-4-3-5-7-14/h3-11,17H,2,12-13H2,1H3,(H,22,25). The van der Waals surface area contributed by atoms with Crippen molar-refractivity contribution in [3.05, 3.63) is 66.0 Å². The monoisotopic (exact) mass is 385 g/mol. The third-order valence-corrected chi connectivity index (χ3v) is 4.88. The largest absolute Gasteiger partial charge is 0.332 e. The van der Waals surface area contributed by atoms with Gasteiger partial charge in [0.05, 0.1) is 6.42 Å². The second-order valence-electron chi connectivity index (χ2n) is 6.25. The van der Waals surface area contributed by atoms with Crippen LogP contribution in [0.1, 0.15) is 18.9 Å². The van der Waals surface area contributed by atoms with Crippen LogP contribution in [0.15, 0.2) is 54.6 Å². The van der Waals surface area contributed by atoms with Crippen molar-refractivity contribution in [3.8, 4) is 0 Å². The number of hydrogen-bond acceptors (Lipinski definition) is 3. The molecule has 1 atom stereocenters. The van der Waals surface area contributed by atoms with E-state index in [0.717, 1.165) is 5.56 Å². The summed E-state index contributed by atoms with van der Waals surface area (Å²) in [6.07, 6.45) is -0.0281. The molecule has 1 saturated heterocycles. The highest BCUT2D eigenvalue weighted by Gasteiger charge is 2.42. The molecular formula is C20H20FN3O2S. The summed E-state index contributed by atoms with van der Waals surface area (Å²) in [5, 5.41) is 3.14. The number of halogens is 1. The number of hydrogen-bond donors (Lipinski definition) is 1. The van der Waals surface area contributed by atoms with Gasteiger partial charge in [-0.05, 0) is 49.0 Å². The molecule has 0 radical (unpaired) electrons. The zero-order chi connectivity index (χ0) is 19.4. The first kappa shape index (κ1) is 19.0. The number of anilines is 1. The van der Waals surface area contributed by atoms with E-state index in [1.54, 1.807) is 4.90 Å². The minimum absolute atomic E-state index is 0.0281. The van der Waals surface area contributed by atoms with Crippen molar-refractivity contribution < 1.29 is 14.0 Å². The lowest BCUT2D eigenvalue weighted by Crippen LogP contribution is -2.37. The van der Waals surface area contributed by atoms with Crippen molar-refractivity contribution >= 4 is 34.8 Å². The second-order valence-corrected chi connectivity index (χ2v) is 6.62. The number of likely N-dealkylation sites (N-methyl/N-ethyl adjacent to an activating group) is 1. The molecule has 27 heavy (non-hydrogen) atoms. The third-order valence-electron chi connectivity index (χ3n) is 4.42. The van der Waals surface area contributed by atoms with E-state index in [1.807, 2.05) is 37.3 Å². The molecule has 1 fully saturated rings. The van der Waals surface area contributed by atoms with Gasteiger partial charge in [-0.25, -0.2) is 4.39 Å². The molecule has 0 saturated carbocycles. The van der Waals surface area contributed by atoms with E-state index in [4.69, 9.17) is 12.2 Å². The fourth-order valence-corrected chi connectivity index (χ4v) is 3.47. The molecule has 3 rings (SSSR count). The number of carbonyl (C=O) groups is 2. The van der Waals surface area contributed by atoms with Crippen LogP contribution in [0.5, 0.6) is 0 Å². The number of nitrogens with zero attached hydrogens (tertiary/aromatic N) is 2. The number of amides is 2. The highest BCUT2D eigenvalue weighted by atomic mass is 32.1. The number of thiocarbonyl (C=S) groups is 1. The van der Waals surface area contributed by atoms with Crippen LogP contribution < -0.4 is 5.32 Å². The molecular weight excluding hydrogens is 365 g/mol. The van der Waals surface area contributed by atoms with Crippen LogP contribution in [0.25, 0.3) is 0 Å². The van der Waals surface area contributed by atoms with Crippen LogP contribution in [0, 0.1) is 5.82 Å². The molecule has 1 aliphatic rings. The first-order valence-electron chi connectivity index (χ1n) is 8.71. The highest BCUT2D eigenvalue weighted by molar-refractivity contribution is 7.80. The van der Waals surface area contributed by atoms with Gasteiger partial charge in [0.1, 0.15) is 11.9 Å². The van der Waals surface area contributed by atoms with Crippen LogP contribution in [-0.4, -0.2) is 39.3 Å². The molecule has 1 aliphatic heterocycles. The quantitative estimate of drug-likeness (QED) is 0.776. The van der Waals surface area contributed by atoms with Crippen LogP contribution in [0.3, 0.4) is 0 Å². The topological polar surface area (TPSA) is 52.7 Å². The van der Waals surface area contributed by atoms with Crippen LogP contribution in [0.2, 0.25) is 0 Å². The molecule has 1 heterocycles. The predicted octanol–water partition coefficient (Wildman–Crippen LogP) is 3.17. The number of nitrogens with one attached hydrogen (secondary N) is 1. The molecule has 2 aromatic rings. The average molecular weight is 385 g/mol. The van der Waals surface area contributed by atoms with Crippen molar-refractivity contribution in [2.75, 3.05) is 11.9 Å². The lowest BCUT2D eigenvalue weighted by atomic mass is 10.1. The summed E-state index contributed by atoms with van der Waals surface area (Å²) in [4.78, 5) is 28.5. The van der Waals surface area contributed by atoms with Gasteiger partial charge >= 0.3 is 0 Å². The van der Waals surface area contributed by atoms with E-state index in [2.05, 4.69) is 5.32 Å².